The molecule has 6 heteroatoms. The zero-order valence-corrected chi connectivity index (χ0v) is 18.3. The lowest BCUT2D eigenvalue weighted by molar-refractivity contribution is -0.139. The number of carbonyl (C=O) groups excluding carboxylic acids is 2. The third kappa shape index (κ3) is 7.21. The first-order valence-corrected chi connectivity index (χ1v) is 10.6. The summed E-state index contributed by atoms with van der Waals surface area (Å²) in [6.07, 6.45) is 0. The number of thioether (sulfide) groups is 1. The van der Waals surface area contributed by atoms with E-state index in [1.54, 1.807) is 24.0 Å². The SMILES string of the molecule is C[C@H](C(=O)NC(C)(C)C)N(Cc1ccccc1)C(=O)CSc1ccc(Cl)cc1. The van der Waals surface area contributed by atoms with Gasteiger partial charge in [-0.25, -0.2) is 0 Å². The molecule has 150 valence electrons. The first-order chi connectivity index (χ1) is 13.2. The van der Waals surface area contributed by atoms with Gasteiger partial charge in [-0.3, -0.25) is 9.59 Å². The van der Waals surface area contributed by atoms with Crippen LogP contribution in [0.3, 0.4) is 0 Å². The van der Waals surface area contributed by atoms with Gasteiger partial charge in [-0.05, 0) is 57.5 Å². The number of carbonyl (C=O) groups is 2. The van der Waals surface area contributed by atoms with Crippen LogP contribution in [0.5, 0.6) is 0 Å². The third-order valence-electron chi connectivity index (χ3n) is 4.04. The zero-order chi connectivity index (χ0) is 20.7. The third-order valence-corrected chi connectivity index (χ3v) is 5.29. The lowest BCUT2D eigenvalue weighted by atomic mass is 10.1. The Kier molecular flexibility index (Phi) is 7.96. The lowest BCUT2D eigenvalue weighted by Crippen LogP contribution is -2.52. The van der Waals surface area contributed by atoms with Crippen LogP contribution >= 0.6 is 23.4 Å². The van der Waals surface area contributed by atoms with Crippen molar-refractivity contribution in [3.05, 3.63) is 65.2 Å². The minimum Gasteiger partial charge on any atom is -0.350 e. The summed E-state index contributed by atoms with van der Waals surface area (Å²) in [6, 6.07) is 16.5. The van der Waals surface area contributed by atoms with Crippen molar-refractivity contribution in [2.45, 2.75) is 50.7 Å². The van der Waals surface area contributed by atoms with Crippen molar-refractivity contribution in [2.75, 3.05) is 5.75 Å². The molecule has 4 nitrogen and oxygen atoms in total. The highest BCUT2D eigenvalue weighted by Gasteiger charge is 2.28. The van der Waals surface area contributed by atoms with Crippen molar-refractivity contribution in [1.29, 1.82) is 0 Å². The number of amides is 2. The summed E-state index contributed by atoms with van der Waals surface area (Å²) in [4.78, 5) is 28.3. The average molecular weight is 419 g/mol. The van der Waals surface area contributed by atoms with Crippen LogP contribution in [0, 0.1) is 0 Å². The van der Waals surface area contributed by atoms with Gasteiger partial charge in [-0.15, -0.1) is 11.8 Å². The molecule has 0 radical (unpaired) electrons. The van der Waals surface area contributed by atoms with Crippen molar-refractivity contribution in [2.24, 2.45) is 0 Å². The van der Waals surface area contributed by atoms with E-state index in [9.17, 15) is 9.59 Å². The molecule has 0 aliphatic rings. The highest BCUT2D eigenvalue weighted by atomic mass is 35.5. The molecule has 28 heavy (non-hydrogen) atoms. The first-order valence-electron chi connectivity index (χ1n) is 9.19. The molecule has 0 aliphatic carbocycles. The molecule has 0 bridgehead atoms. The quantitative estimate of drug-likeness (QED) is 0.659. The Hall–Kier alpha value is -1.98. The molecule has 0 unspecified atom stereocenters. The summed E-state index contributed by atoms with van der Waals surface area (Å²) >= 11 is 7.35. The number of rotatable bonds is 7. The Morgan fingerprint density at radius 2 is 1.68 bits per heavy atom. The molecule has 0 saturated heterocycles. The minimum atomic E-state index is -0.572. The second-order valence-corrected chi connectivity index (χ2v) is 9.15. The molecular formula is C22H27ClN2O2S. The Labute approximate surface area is 176 Å². The Morgan fingerprint density at radius 3 is 2.25 bits per heavy atom. The van der Waals surface area contributed by atoms with Gasteiger partial charge in [0.25, 0.3) is 0 Å². The molecule has 2 aromatic rings. The summed E-state index contributed by atoms with van der Waals surface area (Å²) in [6.45, 7) is 7.94. The van der Waals surface area contributed by atoms with Crippen molar-refractivity contribution < 1.29 is 9.59 Å². The maximum Gasteiger partial charge on any atom is 0.242 e. The summed E-state index contributed by atoms with van der Waals surface area (Å²) < 4.78 is 0. The number of halogens is 1. The van der Waals surface area contributed by atoms with E-state index in [2.05, 4.69) is 5.32 Å². The molecular weight excluding hydrogens is 392 g/mol. The van der Waals surface area contributed by atoms with Gasteiger partial charge in [0.1, 0.15) is 6.04 Å². The maximum absolute atomic E-state index is 13.0. The lowest BCUT2D eigenvalue weighted by Gasteiger charge is -2.31. The second-order valence-electron chi connectivity index (χ2n) is 7.67. The topological polar surface area (TPSA) is 49.4 Å². The minimum absolute atomic E-state index is 0.0830. The molecule has 0 saturated carbocycles. The molecule has 0 aliphatic heterocycles. The van der Waals surface area contributed by atoms with Gasteiger partial charge in [-0.2, -0.15) is 0 Å². The van der Waals surface area contributed by atoms with E-state index in [0.29, 0.717) is 11.6 Å². The molecule has 1 N–H and O–H groups in total. The van der Waals surface area contributed by atoms with Gasteiger partial charge < -0.3 is 10.2 Å². The van der Waals surface area contributed by atoms with Gasteiger partial charge in [0.2, 0.25) is 11.8 Å². The average Bonchev–Trinajstić information content (AvgIpc) is 2.64. The Bertz CT molecular complexity index is 788. The molecule has 1 atom stereocenters. The number of hydrogen-bond acceptors (Lipinski definition) is 3. The fraction of sp³-hybridized carbons (Fsp3) is 0.364. The number of hydrogen-bond donors (Lipinski definition) is 1. The summed E-state index contributed by atoms with van der Waals surface area (Å²) in [7, 11) is 0. The fourth-order valence-electron chi connectivity index (χ4n) is 2.60. The van der Waals surface area contributed by atoms with E-state index in [1.807, 2.05) is 63.2 Å². The number of benzene rings is 2. The smallest absolute Gasteiger partial charge is 0.242 e. The highest BCUT2D eigenvalue weighted by Crippen LogP contribution is 2.22. The van der Waals surface area contributed by atoms with E-state index in [1.165, 1.54) is 11.8 Å². The predicted molar refractivity (Wildman–Crippen MR) is 117 cm³/mol. The van der Waals surface area contributed by atoms with Gasteiger partial charge in [-0.1, -0.05) is 41.9 Å². The van der Waals surface area contributed by atoms with Crippen LogP contribution in [-0.4, -0.2) is 34.0 Å². The standard InChI is InChI=1S/C22H27ClN2O2S/c1-16(21(27)24-22(2,3)4)25(14-17-8-6-5-7-9-17)20(26)15-28-19-12-10-18(23)11-13-19/h5-13,16H,14-15H2,1-4H3,(H,24,27)/t16-/m1/s1. The number of nitrogens with one attached hydrogen (secondary N) is 1. The maximum atomic E-state index is 13.0. The number of nitrogens with zero attached hydrogens (tertiary/aromatic N) is 1. The molecule has 2 aromatic carbocycles. The molecule has 2 amide bonds. The van der Waals surface area contributed by atoms with Crippen LogP contribution in [0.4, 0.5) is 0 Å². The molecule has 0 aromatic heterocycles. The summed E-state index contributed by atoms with van der Waals surface area (Å²) in [5.41, 5.74) is 0.632. The summed E-state index contributed by atoms with van der Waals surface area (Å²) in [5.74, 6) is 0.00959. The van der Waals surface area contributed by atoms with Gasteiger partial charge in [0.15, 0.2) is 0 Å². The van der Waals surface area contributed by atoms with Crippen molar-refractivity contribution in [1.82, 2.24) is 10.2 Å². The Morgan fingerprint density at radius 1 is 1.07 bits per heavy atom. The Balaban J connectivity index is 2.12. The van der Waals surface area contributed by atoms with Gasteiger partial charge in [0, 0.05) is 22.0 Å². The van der Waals surface area contributed by atoms with Crippen molar-refractivity contribution in [3.63, 3.8) is 0 Å². The van der Waals surface area contributed by atoms with Crippen molar-refractivity contribution >= 4 is 35.2 Å². The van der Waals surface area contributed by atoms with Gasteiger partial charge in [0.05, 0.1) is 5.75 Å². The molecule has 0 fully saturated rings. The van der Waals surface area contributed by atoms with Crippen LogP contribution in [-0.2, 0) is 16.1 Å². The van der Waals surface area contributed by atoms with Crippen LogP contribution in [0.25, 0.3) is 0 Å². The van der Waals surface area contributed by atoms with E-state index in [4.69, 9.17) is 11.6 Å². The first kappa shape index (κ1) is 22.3. The summed E-state index contributed by atoms with van der Waals surface area (Å²) in [5, 5.41) is 3.63. The molecule has 0 spiro atoms. The van der Waals surface area contributed by atoms with E-state index >= 15 is 0 Å². The second kappa shape index (κ2) is 9.99. The zero-order valence-electron chi connectivity index (χ0n) is 16.7. The highest BCUT2D eigenvalue weighted by molar-refractivity contribution is 8.00. The monoisotopic (exact) mass is 418 g/mol. The van der Waals surface area contributed by atoms with Gasteiger partial charge >= 0.3 is 0 Å². The molecule has 2 rings (SSSR count). The van der Waals surface area contributed by atoms with E-state index in [0.717, 1.165) is 10.5 Å². The van der Waals surface area contributed by atoms with Crippen LogP contribution in [0.2, 0.25) is 5.02 Å². The van der Waals surface area contributed by atoms with E-state index in [-0.39, 0.29) is 23.1 Å². The predicted octanol–water partition coefficient (Wildman–Crippen LogP) is 4.76. The van der Waals surface area contributed by atoms with Crippen LogP contribution in [0.15, 0.2) is 59.5 Å². The van der Waals surface area contributed by atoms with E-state index < -0.39 is 6.04 Å². The van der Waals surface area contributed by atoms with Crippen LogP contribution < -0.4 is 5.32 Å². The fourth-order valence-corrected chi connectivity index (χ4v) is 3.51. The van der Waals surface area contributed by atoms with Crippen LogP contribution in [0.1, 0.15) is 33.3 Å². The van der Waals surface area contributed by atoms with Crippen molar-refractivity contribution in [3.8, 4) is 0 Å². The molecule has 0 heterocycles. The largest absolute Gasteiger partial charge is 0.350 e. The normalized spacial score (nSPS) is 12.3.